The Morgan fingerprint density at radius 3 is 2.73 bits per heavy atom. The van der Waals surface area contributed by atoms with Crippen LogP contribution in [0.25, 0.3) is 0 Å². The monoisotopic (exact) mass is 224 g/mol. The molecule has 0 heterocycles. The summed E-state index contributed by atoms with van der Waals surface area (Å²) in [6.07, 6.45) is 2.75. The summed E-state index contributed by atoms with van der Waals surface area (Å²) < 4.78 is 0. The first kappa shape index (κ1) is 10.8. The molecule has 3 heteroatoms. The molecule has 1 aliphatic carbocycles. The highest BCUT2D eigenvalue weighted by Crippen LogP contribution is 2.31. The molecule has 0 bridgehead atoms. The van der Waals surface area contributed by atoms with Gasteiger partial charge in [-0.05, 0) is 36.5 Å². The standard InChI is InChI=1S/C12H17ClN2/c1-15(8-9-2-3-9)11-5-4-10(7-14)12(13)6-11/h4-6,9H,2-3,7-8,14H2,1H3. The molecule has 0 amide bonds. The second kappa shape index (κ2) is 4.42. The average Bonchev–Trinajstić information content (AvgIpc) is 3.01. The maximum Gasteiger partial charge on any atom is 0.0471 e. The molecule has 0 radical (unpaired) electrons. The maximum atomic E-state index is 6.12. The van der Waals surface area contributed by atoms with Crippen LogP contribution in [0.15, 0.2) is 18.2 Å². The minimum atomic E-state index is 0.505. The van der Waals surface area contributed by atoms with Crippen molar-refractivity contribution in [3.63, 3.8) is 0 Å². The van der Waals surface area contributed by atoms with E-state index in [4.69, 9.17) is 17.3 Å². The van der Waals surface area contributed by atoms with Gasteiger partial charge in [-0.15, -0.1) is 0 Å². The summed E-state index contributed by atoms with van der Waals surface area (Å²) in [7, 11) is 2.12. The second-order valence-corrected chi connectivity index (χ2v) is 4.71. The van der Waals surface area contributed by atoms with Crippen LogP contribution < -0.4 is 10.6 Å². The molecule has 15 heavy (non-hydrogen) atoms. The van der Waals surface area contributed by atoms with E-state index in [1.807, 2.05) is 12.1 Å². The molecule has 0 aliphatic heterocycles. The molecule has 2 nitrogen and oxygen atoms in total. The molecule has 1 saturated carbocycles. The smallest absolute Gasteiger partial charge is 0.0471 e. The minimum absolute atomic E-state index is 0.505. The van der Waals surface area contributed by atoms with E-state index in [1.54, 1.807) is 0 Å². The largest absolute Gasteiger partial charge is 0.374 e. The zero-order valence-electron chi connectivity index (χ0n) is 9.04. The zero-order chi connectivity index (χ0) is 10.8. The normalized spacial score (nSPS) is 15.4. The number of anilines is 1. The molecule has 1 aliphatic rings. The number of hydrogen-bond acceptors (Lipinski definition) is 2. The van der Waals surface area contributed by atoms with E-state index in [0.29, 0.717) is 6.54 Å². The van der Waals surface area contributed by atoms with E-state index in [0.717, 1.165) is 23.0 Å². The first-order valence-electron chi connectivity index (χ1n) is 5.40. The molecular weight excluding hydrogens is 208 g/mol. The Kier molecular flexibility index (Phi) is 3.17. The highest BCUT2D eigenvalue weighted by molar-refractivity contribution is 6.31. The number of halogens is 1. The number of nitrogens with zero attached hydrogens (tertiary/aromatic N) is 1. The second-order valence-electron chi connectivity index (χ2n) is 4.30. The summed E-state index contributed by atoms with van der Waals surface area (Å²) in [6.45, 7) is 1.64. The minimum Gasteiger partial charge on any atom is -0.374 e. The van der Waals surface area contributed by atoms with Crippen LogP contribution in [0.3, 0.4) is 0 Å². The lowest BCUT2D eigenvalue weighted by Crippen LogP contribution is -2.19. The van der Waals surface area contributed by atoms with Crippen LogP contribution in [0.2, 0.25) is 5.02 Å². The van der Waals surface area contributed by atoms with Gasteiger partial charge in [-0.3, -0.25) is 0 Å². The average molecular weight is 225 g/mol. The van der Waals surface area contributed by atoms with Crippen LogP contribution in [0.4, 0.5) is 5.69 Å². The molecule has 82 valence electrons. The lowest BCUT2D eigenvalue weighted by molar-refractivity contribution is 0.787. The van der Waals surface area contributed by atoms with Crippen LogP contribution in [-0.4, -0.2) is 13.6 Å². The lowest BCUT2D eigenvalue weighted by Gasteiger charge is -2.19. The van der Waals surface area contributed by atoms with Gasteiger partial charge in [0.05, 0.1) is 0 Å². The molecule has 1 aromatic carbocycles. The van der Waals surface area contributed by atoms with Crippen LogP contribution in [0.1, 0.15) is 18.4 Å². The Hall–Kier alpha value is -0.730. The molecule has 1 aromatic rings. The first-order valence-corrected chi connectivity index (χ1v) is 5.78. The molecule has 1 fully saturated rings. The van der Waals surface area contributed by atoms with Crippen LogP contribution >= 0.6 is 11.6 Å². The van der Waals surface area contributed by atoms with Gasteiger partial charge in [0.15, 0.2) is 0 Å². The van der Waals surface area contributed by atoms with Gasteiger partial charge in [-0.2, -0.15) is 0 Å². The van der Waals surface area contributed by atoms with Crippen molar-refractivity contribution in [1.29, 1.82) is 0 Å². The van der Waals surface area contributed by atoms with Crippen molar-refractivity contribution in [3.05, 3.63) is 28.8 Å². The van der Waals surface area contributed by atoms with Crippen molar-refractivity contribution in [2.75, 3.05) is 18.5 Å². The van der Waals surface area contributed by atoms with E-state index in [2.05, 4.69) is 18.0 Å². The highest BCUT2D eigenvalue weighted by atomic mass is 35.5. The summed E-state index contributed by atoms with van der Waals surface area (Å²) in [6, 6.07) is 6.11. The van der Waals surface area contributed by atoms with Gasteiger partial charge in [-0.25, -0.2) is 0 Å². The van der Waals surface area contributed by atoms with E-state index in [-0.39, 0.29) is 0 Å². The van der Waals surface area contributed by atoms with Crippen molar-refractivity contribution < 1.29 is 0 Å². The molecule has 0 saturated heterocycles. The predicted molar refractivity (Wildman–Crippen MR) is 65.3 cm³/mol. The highest BCUT2D eigenvalue weighted by Gasteiger charge is 2.23. The maximum absolute atomic E-state index is 6.12. The fraction of sp³-hybridized carbons (Fsp3) is 0.500. The van der Waals surface area contributed by atoms with Crippen molar-refractivity contribution in [3.8, 4) is 0 Å². The molecule has 2 rings (SSSR count). The fourth-order valence-electron chi connectivity index (χ4n) is 1.73. The molecule has 0 unspecified atom stereocenters. The van der Waals surface area contributed by atoms with Gasteiger partial charge < -0.3 is 10.6 Å². The molecule has 0 aromatic heterocycles. The topological polar surface area (TPSA) is 29.3 Å². The lowest BCUT2D eigenvalue weighted by atomic mass is 10.2. The zero-order valence-corrected chi connectivity index (χ0v) is 9.80. The van der Waals surface area contributed by atoms with Gasteiger partial charge >= 0.3 is 0 Å². The summed E-state index contributed by atoms with van der Waals surface area (Å²) in [5, 5.41) is 0.776. The summed E-state index contributed by atoms with van der Waals surface area (Å²) in [4.78, 5) is 2.27. The molecular formula is C12H17ClN2. The van der Waals surface area contributed by atoms with Crippen LogP contribution in [0, 0.1) is 5.92 Å². The number of benzene rings is 1. The molecule has 2 N–H and O–H groups in total. The van der Waals surface area contributed by atoms with Gasteiger partial charge in [0.25, 0.3) is 0 Å². The van der Waals surface area contributed by atoms with Crippen molar-refractivity contribution in [2.24, 2.45) is 11.7 Å². The third-order valence-corrected chi connectivity index (χ3v) is 3.28. The summed E-state index contributed by atoms with van der Waals surface area (Å²) >= 11 is 6.12. The van der Waals surface area contributed by atoms with E-state index in [1.165, 1.54) is 18.5 Å². The Morgan fingerprint density at radius 2 is 2.20 bits per heavy atom. The van der Waals surface area contributed by atoms with Crippen LogP contribution in [0.5, 0.6) is 0 Å². The summed E-state index contributed by atoms with van der Waals surface area (Å²) in [5.74, 6) is 0.892. The Labute approximate surface area is 96.0 Å². The van der Waals surface area contributed by atoms with E-state index < -0.39 is 0 Å². The quantitative estimate of drug-likeness (QED) is 0.852. The number of rotatable bonds is 4. The van der Waals surface area contributed by atoms with Gasteiger partial charge in [0.1, 0.15) is 0 Å². The van der Waals surface area contributed by atoms with Gasteiger partial charge in [-0.1, -0.05) is 17.7 Å². The van der Waals surface area contributed by atoms with Crippen LogP contribution in [-0.2, 0) is 6.54 Å². The SMILES string of the molecule is CN(CC1CC1)c1ccc(CN)c(Cl)c1. The Balaban J connectivity index is 2.09. The third-order valence-electron chi connectivity index (χ3n) is 2.93. The van der Waals surface area contributed by atoms with Gasteiger partial charge in [0.2, 0.25) is 0 Å². The van der Waals surface area contributed by atoms with E-state index >= 15 is 0 Å². The van der Waals surface area contributed by atoms with Crippen molar-refractivity contribution >= 4 is 17.3 Å². The van der Waals surface area contributed by atoms with E-state index in [9.17, 15) is 0 Å². The summed E-state index contributed by atoms with van der Waals surface area (Å²) in [5.41, 5.74) is 7.77. The molecule has 0 spiro atoms. The Morgan fingerprint density at radius 1 is 1.47 bits per heavy atom. The van der Waals surface area contributed by atoms with Crippen molar-refractivity contribution in [1.82, 2.24) is 0 Å². The third kappa shape index (κ3) is 2.64. The van der Waals surface area contributed by atoms with Gasteiger partial charge in [0, 0.05) is 30.8 Å². The van der Waals surface area contributed by atoms with Crippen molar-refractivity contribution in [2.45, 2.75) is 19.4 Å². The number of hydrogen-bond donors (Lipinski definition) is 1. The molecule has 0 atom stereocenters. The number of nitrogens with two attached hydrogens (primary N) is 1. The Bertz CT molecular complexity index is 347. The first-order chi connectivity index (χ1) is 7.20. The predicted octanol–water partition coefficient (Wildman–Crippen LogP) is 2.64. The fourth-order valence-corrected chi connectivity index (χ4v) is 1.98.